The van der Waals surface area contributed by atoms with Crippen molar-refractivity contribution in [3.63, 3.8) is 0 Å². The fourth-order valence-corrected chi connectivity index (χ4v) is 4.33. The number of anilines is 1. The molecule has 0 bridgehead atoms. The zero-order valence-corrected chi connectivity index (χ0v) is 13.0. The Balaban J connectivity index is 1.97. The molecule has 1 aliphatic heterocycles. The number of hydrogen-bond acceptors (Lipinski definition) is 5. The third-order valence-electron chi connectivity index (χ3n) is 4.32. The Kier molecular flexibility index (Phi) is 3.39. The standard InChI is InChI=1S/C14H19N3O3S/c1-14(2)12(20)15-6-7-17(14)13-16-10-8(11(18)19)4-3-5-9(10)21-13/h8H,3-7H2,1-2H3,(H,15,20)(H,18,19). The maximum atomic E-state index is 12.0. The molecule has 21 heavy (non-hydrogen) atoms. The lowest BCUT2D eigenvalue weighted by Gasteiger charge is -2.41. The molecule has 0 radical (unpaired) electrons. The molecule has 1 fully saturated rings. The van der Waals surface area contributed by atoms with E-state index in [0.29, 0.717) is 25.2 Å². The summed E-state index contributed by atoms with van der Waals surface area (Å²) < 4.78 is 0. The number of piperazine rings is 1. The van der Waals surface area contributed by atoms with Crippen molar-refractivity contribution in [1.29, 1.82) is 0 Å². The number of hydrogen-bond donors (Lipinski definition) is 2. The Morgan fingerprint density at radius 3 is 3.00 bits per heavy atom. The molecule has 114 valence electrons. The van der Waals surface area contributed by atoms with Crippen molar-refractivity contribution in [1.82, 2.24) is 10.3 Å². The number of carboxylic acid groups (broad SMARTS) is 1. The second-order valence-corrected chi connectivity index (χ2v) is 7.12. The van der Waals surface area contributed by atoms with Crippen LogP contribution in [0.2, 0.25) is 0 Å². The van der Waals surface area contributed by atoms with Crippen LogP contribution in [0.5, 0.6) is 0 Å². The quantitative estimate of drug-likeness (QED) is 0.862. The van der Waals surface area contributed by atoms with Crippen LogP contribution in [0.15, 0.2) is 0 Å². The Morgan fingerprint density at radius 1 is 1.52 bits per heavy atom. The van der Waals surface area contributed by atoms with Gasteiger partial charge in [0.05, 0.1) is 5.69 Å². The summed E-state index contributed by atoms with van der Waals surface area (Å²) in [5.74, 6) is -1.32. The summed E-state index contributed by atoms with van der Waals surface area (Å²) in [6, 6.07) is 0. The van der Waals surface area contributed by atoms with Crippen LogP contribution in [-0.4, -0.2) is 40.6 Å². The number of thiazole rings is 1. The summed E-state index contributed by atoms with van der Waals surface area (Å²) in [5, 5.41) is 13.0. The molecule has 0 saturated carbocycles. The highest BCUT2D eigenvalue weighted by Gasteiger charge is 2.40. The van der Waals surface area contributed by atoms with Gasteiger partial charge < -0.3 is 15.3 Å². The average Bonchev–Trinajstić information content (AvgIpc) is 2.84. The van der Waals surface area contributed by atoms with Crippen molar-refractivity contribution < 1.29 is 14.7 Å². The first-order valence-electron chi connectivity index (χ1n) is 7.19. The average molecular weight is 309 g/mol. The van der Waals surface area contributed by atoms with Gasteiger partial charge in [0.25, 0.3) is 0 Å². The highest BCUT2D eigenvalue weighted by molar-refractivity contribution is 7.15. The molecule has 2 aliphatic rings. The topological polar surface area (TPSA) is 82.5 Å². The van der Waals surface area contributed by atoms with Gasteiger partial charge >= 0.3 is 5.97 Å². The summed E-state index contributed by atoms with van der Waals surface area (Å²) in [4.78, 5) is 31.1. The van der Waals surface area contributed by atoms with E-state index >= 15 is 0 Å². The van der Waals surface area contributed by atoms with Gasteiger partial charge in [0.1, 0.15) is 11.5 Å². The molecule has 1 aromatic rings. The smallest absolute Gasteiger partial charge is 0.312 e. The highest BCUT2D eigenvalue weighted by atomic mass is 32.1. The number of rotatable bonds is 2. The molecule has 3 rings (SSSR count). The predicted molar refractivity (Wildman–Crippen MR) is 79.9 cm³/mol. The lowest BCUT2D eigenvalue weighted by molar-refractivity contribution is -0.139. The van der Waals surface area contributed by atoms with E-state index in [2.05, 4.69) is 10.3 Å². The molecule has 1 aliphatic carbocycles. The minimum atomic E-state index is -0.802. The first-order chi connectivity index (χ1) is 9.91. The first kappa shape index (κ1) is 14.3. The molecule has 0 spiro atoms. The van der Waals surface area contributed by atoms with Crippen LogP contribution in [0.4, 0.5) is 5.13 Å². The summed E-state index contributed by atoms with van der Waals surface area (Å²) in [6.07, 6.45) is 2.42. The lowest BCUT2D eigenvalue weighted by Crippen LogP contribution is -2.62. The Hall–Kier alpha value is -1.63. The van der Waals surface area contributed by atoms with Crippen LogP contribution in [0, 0.1) is 0 Å². The molecule has 1 aromatic heterocycles. The maximum absolute atomic E-state index is 12.0. The van der Waals surface area contributed by atoms with Crippen molar-refractivity contribution in [3.8, 4) is 0 Å². The van der Waals surface area contributed by atoms with Gasteiger partial charge in [-0.1, -0.05) is 0 Å². The fraction of sp³-hybridized carbons (Fsp3) is 0.643. The van der Waals surface area contributed by atoms with Crippen molar-refractivity contribution in [2.45, 2.75) is 44.6 Å². The number of nitrogens with one attached hydrogen (secondary N) is 1. The Bertz CT molecular complexity index is 596. The van der Waals surface area contributed by atoms with Gasteiger partial charge in [-0.3, -0.25) is 9.59 Å². The molecule has 2 heterocycles. The van der Waals surface area contributed by atoms with Gasteiger partial charge in [-0.15, -0.1) is 11.3 Å². The number of carbonyl (C=O) groups is 2. The first-order valence-corrected chi connectivity index (χ1v) is 8.01. The van der Waals surface area contributed by atoms with Crippen LogP contribution in [0.1, 0.15) is 43.2 Å². The fourth-order valence-electron chi connectivity index (χ4n) is 3.00. The van der Waals surface area contributed by atoms with E-state index in [1.807, 2.05) is 18.7 Å². The Labute approximate surface area is 127 Å². The maximum Gasteiger partial charge on any atom is 0.312 e. The number of carboxylic acids is 1. The molecule has 2 N–H and O–H groups in total. The number of nitrogens with zero attached hydrogens (tertiary/aromatic N) is 2. The van der Waals surface area contributed by atoms with Crippen LogP contribution < -0.4 is 10.2 Å². The van der Waals surface area contributed by atoms with E-state index in [1.54, 1.807) is 0 Å². The number of carbonyl (C=O) groups excluding carboxylic acids is 1. The zero-order valence-electron chi connectivity index (χ0n) is 12.2. The van der Waals surface area contributed by atoms with Crippen molar-refractivity contribution in [3.05, 3.63) is 10.6 Å². The summed E-state index contributed by atoms with van der Waals surface area (Å²) in [7, 11) is 0. The molecule has 1 amide bonds. The summed E-state index contributed by atoms with van der Waals surface area (Å²) >= 11 is 1.54. The summed E-state index contributed by atoms with van der Waals surface area (Å²) in [5.41, 5.74) is 0.0489. The molecular formula is C14H19N3O3S. The van der Waals surface area contributed by atoms with Crippen molar-refractivity contribution in [2.75, 3.05) is 18.0 Å². The molecular weight excluding hydrogens is 290 g/mol. The van der Waals surface area contributed by atoms with E-state index < -0.39 is 17.4 Å². The minimum Gasteiger partial charge on any atom is -0.481 e. The van der Waals surface area contributed by atoms with Crippen molar-refractivity contribution >= 4 is 28.3 Å². The van der Waals surface area contributed by atoms with Gasteiger partial charge in [-0.2, -0.15) is 0 Å². The van der Waals surface area contributed by atoms with E-state index in [1.165, 1.54) is 11.3 Å². The van der Waals surface area contributed by atoms with Gasteiger partial charge in [-0.05, 0) is 33.1 Å². The van der Waals surface area contributed by atoms with Crippen molar-refractivity contribution in [2.24, 2.45) is 0 Å². The zero-order chi connectivity index (χ0) is 15.2. The van der Waals surface area contributed by atoms with Crippen LogP contribution in [0.25, 0.3) is 0 Å². The van der Waals surface area contributed by atoms with E-state index in [9.17, 15) is 14.7 Å². The minimum absolute atomic E-state index is 0.0169. The van der Waals surface area contributed by atoms with E-state index in [-0.39, 0.29) is 5.91 Å². The normalized spacial score (nSPS) is 24.4. The second-order valence-electron chi connectivity index (χ2n) is 6.05. The monoisotopic (exact) mass is 309 g/mol. The molecule has 6 nitrogen and oxygen atoms in total. The van der Waals surface area contributed by atoms with E-state index in [0.717, 1.165) is 22.9 Å². The predicted octanol–water partition coefficient (Wildman–Crippen LogP) is 1.36. The number of aliphatic carboxylic acids is 1. The van der Waals surface area contributed by atoms with Gasteiger partial charge in [0.15, 0.2) is 5.13 Å². The highest BCUT2D eigenvalue weighted by Crippen LogP contribution is 2.40. The molecule has 1 saturated heterocycles. The largest absolute Gasteiger partial charge is 0.481 e. The molecule has 1 atom stereocenters. The van der Waals surface area contributed by atoms with Crippen LogP contribution >= 0.6 is 11.3 Å². The Morgan fingerprint density at radius 2 is 2.29 bits per heavy atom. The van der Waals surface area contributed by atoms with Crippen LogP contribution in [0.3, 0.4) is 0 Å². The van der Waals surface area contributed by atoms with Gasteiger partial charge in [-0.25, -0.2) is 4.98 Å². The third kappa shape index (κ3) is 2.29. The van der Waals surface area contributed by atoms with E-state index in [4.69, 9.17) is 0 Å². The number of aromatic nitrogens is 1. The SMILES string of the molecule is CC1(C)C(=O)NCCN1c1nc2c(s1)CCCC2C(=O)O. The lowest BCUT2D eigenvalue weighted by atomic mass is 9.91. The number of fused-ring (bicyclic) bond motifs is 1. The number of aryl methyl sites for hydroxylation is 1. The molecule has 1 unspecified atom stereocenters. The number of amides is 1. The van der Waals surface area contributed by atoms with Gasteiger partial charge in [0.2, 0.25) is 5.91 Å². The molecule has 7 heteroatoms. The van der Waals surface area contributed by atoms with Gasteiger partial charge in [0, 0.05) is 18.0 Å². The summed E-state index contributed by atoms with van der Waals surface area (Å²) in [6.45, 7) is 5.03. The second kappa shape index (κ2) is 4.98. The third-order valence-corrected chi connectivity index (χ3v) is 5.48. The molecule has 0 aromatic carbocycles. The van der Waals surface area contributed by atoms with Crippen LogP contribution in [-0.2, 0) is 16.0 Å².